The molecule has 3 aromatic carbocycles. The molecular weight excluding hydrogens is 378 g/mol. The van der Waals surface area contributed by atoms with Crippen molar-refractivity contribution >= 4 is 23.2 Å². The molecule has 28 heavy (non-hydrogen) atoms. The number of benzene rings is 3. The van der Waals surface area contributed by atoms with Gasteiger partial charge in [-0.1, -0.05) is 35.9 Å². The average Bonchev–Trinajstić information content (AvgIpc) is 3.26. The molecule has 0 spiro atoms. The Morgan fingerprint density at radius 3 is 2.36 bits per heavy atom. The van der Waals surface area contributed by atoms with Crippen LogP contribution in [0.1, 0.15) is 10.4 Å². The van der Waals surface area contributed by atoms with E-state index in [1.165, 1.54) is 11.0 Å². The molecule has 7 nitrogen and oxygen atoms in total. The second kappa shape index (κ2) is 7.89. The van der Waals surface area contributed by atoms with Crippen molar-refractivity contribution in [2.24, 2.45) is 0 Å². The van der Waals surface area contributed by atoms with Crippen molar-refractivity contribution < 1.29 is 9.53 Å². The summed E-state index contributed by atoms with van der Waals surface area (Å²) in [5.74, 6) is 0.740. The summed E-state index contributed by atoms with van der Waals surface area (Å²) in [6, 6.07) is 21.2. The number of carbonyl (C=O) groups excluding carboxylic acids is 1. The van der Waals surface area contributed by atoms with Gasteiger partial charge >= 0.3 is 0 Å². The van der Waals surface area contributed by atoms with E-state index >= 15 is 0 Å². The van der Waals surface area contributed by atoms with Crippen molar-refractivity contribution in [1.82, 2.24) is 20.2 Å². The Morgan fingerprint density at radius 2 is 1.64 bits per heavy atom. The third-order valence-electron chi connectivity index (χ3n) is 3.93. The van der Waals surface area contributed by atoms with Crippen LogP contribution >= 0.6 is 11.6 Å². The summed E-state index contributed by atoms with van der Waals surface area (Å²) in [6.45, 7) is 0. The molecule has 8 heteroatoms. The van der Waals surface area contributed by atoms with Gasteiger partial charge < -0.3 is 10.1 Å². The van der Waals surface area contributed by atoms with Crippen molar-refractivity contribution in [3.05, 3.63) is 89.7 Å². The molecule has 0 saturated carbocycles. The Hall–Kier alpha value is -3.71. The summed E-state index contributed by atoms with van der Waals surface area (Å²) in [7, 11) is 0. The van der Waals surface area contributed by atoms with Crippen LogP contribution < -0.4 is 10.1 Å². The predicted octanol–water partition coefficient (Wildman–Crippen LogP) is 4.36. The maximum absolute atomic E-state index is 12.6. The molecule has 1 amide bonds. The summed E-state index contributed by atoms with van der Waals surface area (Å²) in [5.41, 5.74) is 1.78. The van der Waals surface area contributed by atoms with E-state index in [2.05, 4.69) is 20.8 Å². The first-order valence-corrected chi connectivity index (χ1v) is 8.75. The lowest BCUT2D eigenvalue weighted by atomic mass is 10.2. The fourth-order valence-electron chi connectivity index (χ4n) is 2.54. The van der Waals surface area contributed by atoms with E-state index < -0.39 is 0 Å². The van der Waals surface area contributed by atoms with Crippen LogP contribution in [0.2, 0.25) is 5.02 Å². The smallest absolute Gasteiger partial charge is 0.255 e. The first kappa shape index (κ1) is 17.7. The van der Waals surface area contributed by atoms with E-state index in [-0.39, 0.29) is 5.91 Å². The molecule has 138 valence electrons. The largest absolute Gasteiger partial charge is 0.454 e. The van der Waals surface area contributed by atoms with Gasteiger partial charge in [-0.3, -0.25) is 4.79 Å². The molecule has 0 aliphatic rings. The summed E-state index contributed by atoms with van der Waals surface area (Å²) in [4.78, 5) is 12.6. The molecule has 1 heterocycles. The molecule has 1 N–H and O–H groups in total. The minimum Gasteiger partial charge on any atom is -0.454 e. The standard InChI is InChI=1S/C20H14ClN5O2/c21-16-5-1-3-7-18(16)28-19-8-4-2-6-17(19)23-20(27)14-9-11-15(12-10-14)26-13-22-24-25-26/h1-13H,(H,23,27). The van der Waals surface area contributed by atoms with E-state index in [9.17, 15) is 4.79 Å². The summed E-state index contributed by atoms with van der Waals surface area (Å²) >= 11 is 6.16. The average molecular weight is 392 g/mol. The summed E-state index contributed by atoms with van der Waals surface area (Å²) in [6.07, 6.45) is 1.48. The van der Waals surface area contributed by atoms with Gasteiger partial charge in [-0.15, -0.1) is 5.10 Å². The van der Waals surface area contributed by atoms with Gasteiger partial charge in [0.2, 0.25) is 0 Å². The highest BCUT2D eigenvalue weighted by molar-refractivity contribution is 6.32. The van der Waals surface area contributed by atoms with E-state index in [0.717, 1.165) is 5.69 Å². The molecular formula is C20H14ClN5O2. The van der Waals surface area contributed by atoms with Gasteiger partial charge in [-0.05, 0) is 59.0 Å². The van der Waals surface area contributed by atoms with Crippen LogP contribution in [0.5, 0.6) is 11.5 Å². The Kier molecular flexibility index (Phi) is 4.99. The molecule has 0 radical (unpaired) electrons. The maximum Gasteiger partial charge on any atom is 0.255 e. The lowest BCUT2D eigenvalue weighted by Crippen LogP contribution is -2.12. The second-order valence-electron chi connectivity index (χ2n) is 5.78. The van der Waals surface area contributed by atoms with Gasteiger partial charge in [0, 0.05) is 5.56 Å². The lowest BCUT2D eigenvalue weighted by Gasteiger charge is -2.13. The number of para-hydroxylation sites is 3. The number of tetrazole rings is 1. The molecule has 0 fully saturated rings. The van der Waals surface area contributed by atoms with Gasteiger partial charge in [0.25, 0.3) is 5.91 Å². The highest BCUT2D eigenvalue weighted by Gasteiger charge is 2.12. The van der Waals surface area contributed by atoms with E-state index in [1.54, 1.807) is 48.5 Å². The number of halogens is 1. The first-order valence-electron chi connectivity index (χ1n) is 8.37. The van der Waals surface area contributed by atoms with Crippen LogP contribution in [0.15, 0.2) is 79.1 Å². The molecule has 0 atom stereocenters. The highest BCUT2D eigenvalue weighted by atomic mass is 35.5. The molecule has 0 unspecified atom stereocenters. The number of hydrogen-bond acceptors (Lipinski definition) is 5. The quantitative estimate of drug-likeness (QED) is 0.546. The Labute approximate surface area is 165 Å². The molecule has 1 aromatic heterocycles. The van der Waals surface area contributed by atoms with Crippen LogP contribution in [-0.4, -0.2) is 26.1 Å². The molecule has 4 aromatic rings. The van der Waals surface area contributed by atoms with Crippen LogP contribution in [0.4, 0.5) is 5.69 Å². The minimum atomic E-state index is -0.265. The van der Waals surface area contributed by atoms with Gasteiger partial charge in [0.1, 0.15) is 12.1 Å². The number of nitrogens with one attached hydrogen (secondary N) is 1. The fraction of sp³-hybridized carbons (Fsp3) is 0. The van der Waals surface area contributed by atoms with E-state index in [1.807, 2.05) is 24.3 Å². The second-order valence-corrected chi connectivity index (χ2v) is 6.19. The van der Waals surface area contributed by atoms with E-state index in [0.29, 0.717) is 27.8 Å². The van der Waals surface area contributed by atoms with Gasteiger partial charge in [-0.2, -0.15) is 0 Å². The zero-order valence-corrected chi connectivity index (χ0v) is 15.2. The van der Waals surface area contributed by atoms with Gasteiger partial charge in [0.05, 0.1) is 16.4 Å². The summed E-state index contributed by atoms with van der Waals surface area (Å²) < 4.78 is 7.38. The normalized spacial score (nSPS) is 10.5. The van der Waals surface area contributed by atoms with E-state index in [4.69, 9.17) is 16.3 Å². The van der Waals surface area contributed by atoms with Crippen molar-refractivity contribution in [3.8, 4) is 17.2 Å². The predicted molar refractivity (Wildman–Crippen MR) is 105 cm³/mol. The first-order chi connectivity index (χ1) is 13.7. The van der Waals surface area contributed by atoms with Crippen LogP contribution in [0.3, 0.4) is 0 Å². The Bertz CT molecular complexity index is 1100. The van der Waals surface area contributed by atoms with Gasteiger partial charge in [-0.25, -0.2) is 4.68 Å². The number of nitrogens with zero attached hydrogens (tertiary/aromatic N) is 4. The molecule has 0 aliphatic heterocycles. The molecule has 4 rings (SSSR count). The number of aromatic nitrogens is 4. The third-order valence-corrected chi connectivity index (χ3v) is 4.25. The van der Waals surface area contributed by atoms with Crippen molar-refractivity contribution in [2.45, 2.75) is 0 Å². The van der Waals surface area contributed by atoms with Crippen molar-refractivity contribution in [1.29, 1.82) is 0 Å². The van der Waals surface area contributed by atoms with Gasteiger partial charge in [0.15, 0.2) is 5.75 Å². The van der Waals surface area contributed by atoms with Crippen molar-refractivity contribution in [3.63, 3.8) is 0 Å². The SMILES string of the molecule is O=C(Nc1ccccc1Oc1ccccc1Cl)c1ccc(-n2cnnn2)cc1. The van der Waals surface area contributed by atoms with Crippen LogP contribution in [0, 0.1) is 0 Å². The number of hydrogen-bond donors (Lipinski definition) is 1. The number of anilines is 1. The minimum absolute atomic E-state index is 0.265. The lowest BCUT2D eigenvalue weighted by molar-refractivity contribution is 0.102. The molecule has 0 bridgehead atoms. The zero-order valence-electron chi connectivity index (χ0n) is 14.5. The Morgan fingerprint density at radius 1 is 0.929 bits per heavy atom. The molecule has 0 aliphatic carbocycles. The maximum atomic E-state index is 12.6. The van der Waals surface area contributed by atoms with Crippen LogP contribution in [0.25, 0.3) is 5.69 Å². The number of rotatable bonds is 5. The monoisotopic (exact) mass is 391 g/mol. The number of amides is 1. The van der Waals surface area contributed by atoms with Crippen molar-refractivity contribution in [2.75, 3.05) is 5.32 Å². The van der Waals surface area contributed by atoms with Crippen LogP contribution in [-0.2, 0) is 0 Å². The summed E-state index contributed by atoms with van der Waals surface area (Å²) in [5, 5.41) is 14.4. The topological polar surface area (TPSA) is 81.9 Å². The molecule has 0 saturated heterocycles. The highest BCUT2D eigenvalue weighted by Crippen LogP contribution is 2.33. The number of ether oxygens (including phenoxy) is 1. The third kappa shape index (κ3) is 3.84. The number of carbonyl (C=O) groups is 1. The zero-order chi connectivity index (χ0) is 19.3. The Balaban J connectivity index is 1.53. The fourth-order valence-corrected chi connectivity index (χ4v) is 2.72.